The van der Waals surface area contributed by atoms with E-state index in [0.717, 1.165) is 0 Å². The van der Waals surface area contributed by atoms with Crippen molar-refractivity contribution in [3.63, 3.8) is 0 Å². The lowest BCUT2D eigenvalue weighted by atomic mass is 9.84. The van der Waals surface area contributed by atoms with Crippen molar-refractivity contribution in [1.29, 1.82) is 0 Å². The lowest BCUT2D eigenvalue weighted by Crippen LogP contribution is -2.17. The maximum absolute atomic E-state index is 4.55. The summed E-state index contributed by atoms with van der Waals surface area (Å²) in [5.74, 6) is 0. The number of imidazole rings is 1. The Bertz CT molecular complexity index is 310. The SMILES string of the molecule is CCCCCC(C)(C)c1cn(C(C)C)cn1. The molecule has 1 aromatic rings. The van der Waals surface area contributed by atoms with Crippen LogP contribution in [0.4, 0.5) is 0 Å². The second-order valence-corrected chi connectivity index (χ2v) is 5.64. The van der Waals surface area contributed by atoms with Gasteiger partial charge in [0.2, 0.25) is 0 Å². The zero-order chi connectivity index (χ0) is 12.2. The third-order valence-corrected chi connectivity index (χ3v) is 3.30. The van der Waals surface area contributed by atoms with E-state index in [2.05, 4.69) is 50.4 Å². The molecule has 92 valence electrons. The van der Waals surface area contributed by atoms with Crippen molar-refractivity contribution in [2.24, 2.45) is 0 Å². The van der Waals surface area contributed by atoms with Crippen molar-refractivity contribution >= 4 is 0 Å². The van der Waals surface area contributed by atoms with Gasteiger partial charge in [-0.05, 0) is 20.3 Å². The normalized spacial score (nSPS) is 12.4. The molecule has 0 unspecified atom stereocenters. The van der Waals surface area contributed by atoms with E-state index in [0.29, 0.717) is 6.04 Å². The summed E-state index contributed by atoms with van der Waals surface area (Å²) >= 11 is 0. The van der Waals surface area contributed by atoms with E-state index in [-0.39, 0.29) is 5.41 Å². The van der Waals surface area contributed by atoms with E-state index in [1.807, 2.05) is 6.33 Å². The molecule has 0 atom stereocenters. The van der Waals surface area contributed by atoms with E-state index < -0.39 is 0 Å². The Morgan fingerprint density at radius 1 is 1.31 bits per heavy atom. The van der Waals surface area contributed by atoms with Gasteiger partial charge in [-0.1, -0.05) is 40.0 Å². The van der Waals surface area contributed by atoms with Crippen molar-refractivity contribution in [2.75, 3.05) is 0 Å². The maximum Gasteiger partial charge on any atom is 0.0952 e. The fourth-order valence-electron chi connectivity index (χ4n) is 1.91. The van der Waals surface area contributed by atoms with Crippen LogP contribution in [0.3, 0.4) is 0 Å². The molecule has 0 amide bonds. The average molecular weight is 222 g/mol. The predicted octanol–water partition coefficient (Wildman–Crippen LogP) is 4.32. The van der Waals surface area contributed by atoms with Gasteiger partial charge in [-0.2, -0.15) is 0 Å². The second-order valence-electron chi connectivity index (χ2n) is 5.64. The molecule has 0 aromatic carbocycles. The molecule has 0 saturated heterocycles. The molecule has 2 nitrogen and oxygen atoms in total. The minimum atomic E-state index is 0.218. The van der Waals surface area contributed by atoms with E-state index in [1.165, 1.54) is 31.4 Å². The molecule has 0 aliphatic carbocycles. The highest BCUT2D eigenvalue weighted by atomic mass is 15.1. The number of aromatic nitrogens is 2. The first-order chi connectivity index (χ1) is 7.47. The Morgan fingerprint density at radius 2 is 2.00 bits per heavy atom. The van der Waals surface area contributed by atoms with Crippen LogP contribution in [0, 0.1) is 0 Å². The van der Waals surface area contributed by atoms with Crippen LogP contribution in [0.25, 0.3) is 0 Å². The third-order valence-electron chi connectivity index (χ3n) is 3.30. The summed E-state index contributed by atoms with van der Waals surface area (Å²) in [5, 5.41) is 0. The summed E-state index contributed by atoms with van der Waals surface area (Å²) in [4.78, 5) is 4.55. The van der Waals surface area contributed by atoms with Gasteiger partial charge in [-0.25, -0.2) is 4.98 Å². The zero-order valence-corrected chi connectivity index (χ0v) is 11.5. The molecule has 0 radical (unpaired) electrons. The van der Waals surface area contributed by atoms with Crippen LogP contribution in [0.15, 0.2) is 12.5 Å². The summed E-state index contributed by atoms with van der Waals surface area (Å²) < 4.78 is 2.19. The monoisotopic (exact) mass is 222 g/mol. The second kappa shape index (κ2) is 5.51. The van der Waals surface area contributed by atoms with Gasteiger partial charge in [0.05, 0.1) is 12.0 Å². The Morgan fingerprint density at radius 3 is 2.50 bits per heavy atom. The highest BCUT2D eigenvalue weighted by Crippen LogP contribution is 2.28. The zero-order valence-electron chi connectivity index (χ0n) is 11.5. The lowest BCUT2D eigenvalue weighted by molar-refractivity contribution is 0.439. The van der Waals surface area contributed by atoms with Gasteiger partial charge in [0.15, 0.2) is 0 Å². The first kappa shape index (κ1) is 13.3. The fourth-order valence-corrected chi connectivity index (χ4v) is 1.91. The van der Waals surface area contributed by atoms with Crippen molar-refractivity contribution in [1.82, 2.24) is 9.55 Å². The van der Waals surface area contributed by atoms with Crippen LogP contribution in [-0.2, 0) is 5.41 Å². The Hall–Kier alpha value is -0.790. The third kappa shape index (κ3) is 3.36. The van der Waals surface area contributed by atoms with Gasteiger partial charge in [0.1, 0.15) is 0 Å². The van der Waals surface area contributed by atoms with Gasteiger partial charge in [0.25, 0.3) is 0 Å². The molecule has 0 aliphatic heterocycles. The van der Waals surface area contributed by atoms with Gasteiger partial charge in [-0.3, -0.25) is 0 Å². The highest BCUT2D eigenvalue weighted by Gasteiger charge is 2.22. The lowest BCUT2D eigenvalue weighted by Gasteiger charge is -2.22. The molecule has 1 heterocycles. The molecule has 1 aromatic heterocycles. The van der Waals surface area contributed by atoms with Gasteiger partial charge >= 0.3 is 0 Å². The van der Waals surface area contributed by atoms with Crippen LogP contribution >= 0.6 is 0 Å². The van der Waals surface area contributed by atoms with Crippen molar-refractivity contribution in [3.8, 4) is 0 Å². The molecule has 0 fully saturated rings. The van der Waals surface area contributed by atoms with Crippen molar-refractivity contribution < 1.29 is 0 Å². The predicted molar refractivity (Wildman–Crippen MR) is 69.8 cm³/mol. The van der Waals surface area contributed by atoms with Crippen LogP contribution in [0.1, 0.15) is 72.0 Å². The number of hydrogen-bond acceptors (Lipinski definition) is 1. The number of unbranched alkanes of at least 4 members (excludes halogenated alkanes) is 2. The summed E-state index contributed by atoms with van der Waals surface area (Å²) in [7, 11) is 0. The van der Waals surface area contributed by atoms with E-state index in [1.54, 1.807) is 0 Å². The smallest absolute Gasteiger partial charge is 0.0952 e. The Balaban J connectivity index is 2.65. The first-order valence-electron chi connectivity index (χ1n) is 6.51. The van der Waals surface area contributed by atoms with Crippen LogP contribution in [0.2, 0.25) is 0 Å². The fraction of sp³-hybridized carbons (Fsp3) is 0.786. The average Bonchev–Trinajstić information content (AvgIpc) is 2.67. The van der Waals surface area contributed by atoms with E-state index in [9.17, 15) is 0 Å². The molecule has 0 N–H and O–H groups in total. The molecule has 0 bridgehead atoms. The van der Waals surface area contributed by atoms with E-state index >= 15 is 0 Å². The number of hydrogen-bond donors (Lipinski definition) is 0. The first-order valence-corrected chi connectivity index (χ1v) is 6.51. The summed E-state index contributed by atoms with van der Waals surface area (Å²) in [6, 6.07) is 0.507. The molecular weight excluding hydrogens is 196 g/mol. The van der Waals surface area contributed by atoms with E-state index in [4.69, 9.17) is 0 Å². The minimum Gasteiger partial charge on any atom is -0.335 e. The van der Waals surface area contributed by atoms with Crippen LogP contribution in [-0.4, -0.2) is 9.55 Å². The molecule has 2 heteroatoms. The minimum absolute atomic E-state index is 0.218. The maximum atomic E-state index is 4.55. The Kier molecular flexibility index (Phi) is 4.57. The molecule has 0 spiro atoms. The molecule has 1 rings (SSSR count). The largest absolute Gasteiger partial charge is 0.335 e. The van der Waals surface area contributed by atoms with Gasteiger partial charge < -0.3 is 4.57 Å². The molecule has 0 saturated carbocycles. The van der Waals surface area contributed by atoms with Crippen molar-refractivity contribution in [2.45, 2.75) is 71.8 Å². The molecule has 0 aliphatic rings. The quantitative estimate of drug-likeness (QED) is 0.655. The van der Waals surface area contributed by atoms with Crippen LogP contribution < -0.4 is 0 Å². The molecule has 16 heavy (non-hydrogen) atoms. The van der Waals surface area contributed by atoms with Gasteiger partial charge in [-0.15, -0.1) is 0 Å². The standard InChI is InChI=1S/C14H26N2/c1-6-7-8-9-14(4,5)13-10-16(11-15-13)12(2)3/h10-12H,6-9H2,1-5H3. The van der Waals surface area contributed by atoms with Crippen molar-refractivity contribution in [3.05, 3.63) is 18.2 Å². The summed E-state index contributed by atoms with van der Waals surface area (Å²) in [6.45, 7) is 11.2. The molecular formula is C14H26N2. The van der Waals surface area contributed by atoms with Gasteiger partial charge in [0, 0.05) is 17.7 Å². The number of rotatable bonds is 6. The highest BCUT2D eigenvalue weighted by molar-refractivity contribution is 5.11. The Labute approximate surface area is 100 Å². The van der Waals surface area contributed by atoms with Crippen LogP contribution in [0.5, 0.6) is 0 Å². The topological polar surface area (TPSA) is 17.8 Å². The number of nitrogens with zero attached hydrogens (tertiary/aromatic N) is 2. The summed E-state index contributed by atoms with van der Waals surface area (Å²) in [5.41, 5.74) is 1.45. The summed E-state index contributed by atoms with van der Waals surface area (Å²) in [6.07, 6.45) is 9.32.